The second kappa shape index (κ2) is 5.86. The molecule has 21 heavy (non-hydrogen) atoms. The zero-order valence-electron chi connectivity index (χ0n) is 12.7. The summed E-state index contributed by atoms with van der Waals surface area (Å²) in [6.45, 7) is 4.50. The number of benzene rings is 2. The molecule has 0 saturated carbocycles. The standard InChI is InChI=1S/C18H20N2S/c1-4-12(2)14-7-10-17-16(11-14)20-18(21-17)13-5-8-15(19-3)9-6-13/h5-12,19H,4H2,1-3H3. The smallest absolute Gasteiger partial charge is 0.124 e. The minimum atomic E-state index is 0.592. The molecule has 108 valence electrons. The number of hydrogen-bond acceptors (Lipinski definition) is 3. The molecule has 2 aromatic carbocycles. The highest BCUT2D eigenvalue weighted by atomic mass is 32.1. The van der Waals surface area contributed by atoms with Gasteiger partial charge in [0.1, 0.15) is 5.01 Å². The lowest BCUT2D eigenvalue weighted by Crippen LogP contribution is -1.90. The number of anilines is 1. The first-order valence-corrected chi connectivity index (χ1v) is 8.21. The first-order chi connectivity index (χ1) is 10.2. The molecule has 3 aromatic rings. The number of aromatic nitrogens is 1. The van der Waals surface area contributed by atoms with E-state index in [4.69, 9.17) is 4.98 Å². The molecule has 0 bridgehead atoms. The van der Waals surface area contributed by atoms with Crippen molar-refractivity contribution in [1.29, 1.82) is 0 Å². The van der Waals surface area contributed by atoms with Crippen LogP contribution in [-0.2, 0) is 0 Å². The van der Waals surface area contributed by atoms with Crippen LogP contribution in [0.1, 0.15) is 31.7 Å². The zero-order valence-corrected chi connectivity index (χ0v) is 13.5. The molecule has 0 spiro atoms. The molecule has 1 atom stereocenters. The molecule has 0 radical (unpaired) electrons. The summed E-state index contributed by atoms with van der Waals surface area (Å²) in [6.07, 6.45) is 1.16. The fraction of sp³-hybridized carbons (Fsp3) is 0.278. The summed E-state index contributed by atoms with van der Waals surface area (Å²) in [5.41, 5.74) is 4.80. The van der Waals surface area contributed by atoms with E-state index >= 15 is 0 Å². The van der Waals surface area contributed by atoms with Gasteiger partial charge in [0.05, 0.1) is 10.2 Å². The number of nitrogens with one attached hydrogen (secondary N) is 1. The Morgan fingerprint density at radius 3 is 2.57 bits per heavy atom. The van der Waals surface area contributed by atoms with Crippen molar-refractivity contribution in [3.05, 3.63) is 48.0 Å². The molecule has 0 fully saturated rings. The zero-order chi connectivity index (χ0) is 14.8. The van der Waals surface area contributed by atoms with Crippen molar-refractivity contribution in [2.45, 2.75) is 26.2 Å². The Balaban J connectivity index is 1.99. The van der Waals surface area contributed by atoms with Crippen LogP contribution in [0.5, 0.6) is 0 Å². The average molecular weight is 296 g/mol. The van der Waals surface area contributed by atoms with Crippen LogP contribution in [0.2, 0.25) is 0 Å². The van der Waals surface area contributed by atoms with E-state index in [1.54, 1.807) is 11.3 Å². The molecule has 1 aromatic heterocycles. The van der Waals surface area contributed by atoms with Crippen molar-refractivity contribution >= 4 is 27.2 Å². The third-order valence-corrected chi connectivity index (χ3v) is 5.10. The predicted octanol–water partition coefficient (Wildman–Crippen LogP) is 5.52. The van der Waals surface area contributed by atoms with Gasteiger partial charge in [-0.3, -0.25) is 0 Å². The summed E-state index contributed by atoms with van der Waals surface area (Å²) in [7, 11) is 1.93. The van der Waals surface area contributed by atoms with E-state index in [9.17, 15) is 0 Å². The second-order valence-corrected chi connectivity index (χ2v) is 6.41. The van der Waals surface area contributed by atoms with Gasteiger partial charge in [0.15, 0.2) is 0 Å². The van der Waals surface area contributed by atoms with Gasteiger partial charge in [-0.2, -0.15) is 0 Å². The van der Waals surface area contributed by atoms with Crippen molar-refractivity contribution in [1.82, 2.24) is 4.98 Å². The fourth-order valence-corrected chi connectivity index (χ4v) is 3.34. The summed E-state index contributed by atoms with van der Waals surface area (Å²) in [6, 6.07) is 15.1. The predicted molar refractivity (Wildman–Crippen MR) is 93.3 cm³/mol. The molecule has 1 unspecified atom stereocenters. The monoisotopic (exact) mass is 296 g/mol. The summed E-state index contributed by atoms with van der Waals surface area (Å²) < 4.78 is 1.26. The van der Waals surface area contributed by atoms with E-state index in [1.165, 1.54) is 15.8 Å². The highest BCUT2D eigenvalue weighted by Crippen LogP contribution is 2.32. The second-order valence-electron chi connectivity index (χ2n) is 5.38. The van der Waals surface area contributed by atoms with Crippen molar-refractivity contribution < 1.29 is 0 Å². The number of hydrogen-bond donors (Lipinski definition) is 1. The highest BCUT2D eigenvalue weighted by Gasteiger charge is 2.09. The van der Waals surface area contributed by atoms with Crippen LogP contribution in [0.25, 0.3) is 20.8 Å². The summed E-state index contributed by atoms with van der Waals surface area (Å²) in [5, 5.41) is 4.23. The van der Waals surface area contributed by atoms with Gasteiger partial charge in [-0.1, -0.05) is 19.9 Å². The van der Waals surface area contributed by atoms with Gasteiger partial charge >= 0.3 is 0 Å². The van der Waals surface area contributed by atoms with Crippen molar-refractivity contribution in [2.24, 2.45) is 0 Å². The normalized spacial score (nSPS) is 12.5. The molecular formula is C18H20N2S. The molecule has 3 rings (SSSR count). The lowest BCUT2D eigenvalue weighted by molar-refractivity contribution is 0.734. The Hall–Kier alpha value is -1.87. The van der Waals surface area contributed by atoms with E-state index in [1.807, 2.05) is 7.05 Å². The first-order valence-electron chi connectivity index (χ1n) is 7.40. The Kier molecular flexibility index (Phi) is 3.93. The fourth-order valence-electron chi connectivity index (χ4n) is 2.39. The molecule has 0 aliphatic heterocycles. The van der Waals surface area contributed by atoms with Gasteiger partial charge in [-0.25, -0.2) is 4.98 Å². The first kappa shape index (κ1) is 14.1. The van der Waals surface area contributed by atoms with Gasteiger partial charge in [-0.15, -0.1) is 11.3 Å². The van der Waals surface area contributed by atoms with Crippen molar-refractivity contribution in [2.75, 3.05) is 12.4 Å². The Labute approximate surface area is 129 Å². The van der Waals surface area contributed by atoms with Crippen LogP contribution < -0.4 is 5.32 Å². The molecule has 0 amide bonds. The molecular weight excluding hydrogens is 276 g/mol. The van der Waals surface area contributed by atoms with Gasteiger partial charge in [0.25, 0.3) is 0 Å². The molecule has 3 heteroatoms. The quantitative estimate of drug-likeness (QED) is 0.686. The Morgan fingerprint density at radius 1 is 1.14 bits per heavy atom. The highest BCUT2D eigenvalue weighted by molar-refractivity contribution is 7.21. The molecule has 1 heterocycles. The number of nitrogens with zero attached hydrogens (tertiary/aromatic N) is 1. The Bertz CT molecular complexity index is 744. The maximum atomic E-state index is 4.81. The number of fused-ring (bicyclic) bond motifs is 1. The van der Waals surface area contributed by atoms with Gasteiger partial charge in [-0.05, 0) is 54.3 Å². The van der Waals surface area contributed by atoms with E-state index in [0.717, 1.165) is 22.6 Å². The van der Waals surface area contributed by atoms with Crippen LogP contribution in [-0.4, -0.2) is 12.0 Å². The van der Waals surface area contributed by atoms with E-state index in [-0.39, 0.29) is 0 Å². The molecule has 0 saturated heterocycles. The SMILES string of the molecule is CCC(C)c1ccc2sc(-c3ccc(NC)cc3)nc2c1. The minimum absolute atomic E-state index is 0.592. The van der Waals surface area contributed by atoms with E-state index in [0.29, 0.717) is 5.92 Å². The summed E-state index contributed by atoms with van der Waals surface area (Å²) >= 11 is 1.76. The lowest BCUT2D eigenvalue weighted by Gasteiger charge is -2.07. The largest absolute Gasteiger partial charge is 0.388 e. The van der Waals surface area contributed by atoms with Crippen LogP contribution in [0, 0.1) is 0 Å². The van der Waals surface area contributed by atoms with E-state index in [2.05, 4.69) is 61.6 Å². The van der Waals surface area contributed by atoms with Crippen LogP contribution in [0.15, 0.2) is 42.5 Å². The summed E-state index contributed by atoms with van der Waals surface area (Å²) in [4.78, 5) is 4.81. The van der Waals surface area contributed by atoms with Crippen LogP contribution in [0.3, 0.4) is 0 Å². The number of thiazole rings is 1. The third kappa shape index (κ3) is 2.79. The topological polar surface area (TPSA) is 24.9 Å². The van der Waals surface area contributed by atoms with Crippen LogP contribution in [0.4, 0.5) is 5.69 Å². The van der Waals surface area contributed by atoms with E-state index < -0.39 is 0 Å². The molecule has 0 aliphatic carbocycles. The molecule has 0 aliphatic rings. The maximum absolute atomic E-state index is 4.81. The number of rotatable bonds is 4. The third-order valence-electron chi connectivity index (χ3n) is 4.01. The lowest BCUT2D eigenvalue weighted by atomic mass is 9.99. The van der Waals surface area contributed by atoms with Gasteiger partial charge in [0.2, 0.25) is 0 Å². The van der Waals surface area contributed by atoms with Crippen molar-refractivity contribution in [3.63, 3.8) is 0 Å². The van der Waals surface area contributed by atoms with Crippen LogP contribution >= 0.6 is 11.3 Å². The van der Waals surface area contributed by atoms with Crippen molar-refractivity contribution in [3.8, 4) is 10.6 Å². The average Bonchev–Trinajstić information content (AvgIpc) is 2.97. The Morgan fingerprint density at radius 2 is 1.90 bits per heavy atom. The van der Waals surface area contributed by atoms with Gasteiger partial charge < -0.3 is 5.32 Å². The molecule has 2 nitrogen and oxygen atoms in total. The summed E-state index contributed by atoms with van der Waals surface area (Å²) in [5.74, 6) is 0.592. The van der Waals surface area contributed by atoms with Gasteiger partial charge in [0, 0.05) is 18.3 Å². The maximum Gasteiger partial charge on any atom is 0.124 e. The minimum Gasteiger partial charge on any atom is -0.388 e. The molecule has 1 N–H and O–H groups in total.